The number of hydrogen-bond donors (Lipinski definition) is 0. The molecule has 3 aromatic rings. The molecule has 0 radical (unpaired) electrons. The van der Waals surface area contributed by atoms with Gasteiger partial charge in [0.2, 0.25) is 0 Å². The van der Waals surface area contributed by atoms with Gasteiger partial charge in [-0.15, -0.1) is 0 Å². The van der Waals surface area contributed by atoms with Crippen LogP contribution >= 0.6 is 11.6 Å². The van der Waals surface area contributed by atoms with Gasteiger partial charge in [0.1, 0.15) is 17.9 Å². The van der Waals surface area contributed by atoms with Crippen molar-refractivity contribution in [2.75, 3.05) is 40.3 Å². The normalized spacial score (nSPS) is 14.6. The second-order valence-electron chi connectivity index (χ2n) is 14.7. The summed E-state index contributed by atoms with van der Waals surface area (Å²) in [5, 5.41) is 0.821. The minimum absolute atomic E-state index is 0.171. The maximum Gasteiger partial charge on any atom is 0.123 e. The highest BCUT2D eigenvalue weighted by molar-refractivity contribution is 6.30. The van der Waals surface area contributed by atoms with Gasteiger partial charge in [-0.2, -0.15) is 0 Å². The average Bonchev–Trinajstić information content (AvgIpc) is 3.16. The first kappa shape index (κ1) is 49.0. The lowest BCUT2D eigenvalue weighted by Crippen LogP contribution is -2.31. The van der Waals surface area contributed by atoms with Crippen LogP contribution in [0.3, 0.4) is 0 Å². The average molecular weight is 766 g/mol. The lowest BCUT2D eigenvalue weighted by Gasteiger charge is -2.36. The minimum Gasteiger partial charge on any atom is -0.494 e. The molecule has 0 fully saturated rings. The molecule has 0 saturated carbocycles. The Kier molecular flexibility index (Phi) is 26.6. The van der Waals surface area contributed by atoms with Crippen molar-refractivity contribution in [2.45, 2.75) is 138 Å². The van der Waals surface area contributed by atoms with Crippen LogP contribution in [0.1, 0.15) is 153 Å². The Hall–Kier alpha value is -2.99. The van der Waals surface area contributed by atoms with Crippen molar-refractivity contribution in [1.82, 2.24) is 9.80 Å². The van der Waals surface area contributed by atoms with Gasteiger partial charge in [-0.05, 0) is 150 Å². The molecule has 4 nitrogen and oxygen atoms in total. The molecule has 54 heavy (non-hydrogen) atoms. The van der Waals surface area contributed by atoms with Gasteiger partial charge >= 0.3 is 0 Å². The molecule has 0 aromatic heterocycles. The van der Waals surface area contributed by atoms with E-state index in [2.05, 4.69) is 102 Å². The van der Waals surface area contributed by atoms with Crippen LogP contribution < -0.4 is 4.74 Å². The molecule has 0 bridgehead atoms. The lowest BCUT2D eigenvalue weighted by atomic mass is 9.82. The van der Waals surface area contributed by atoms with Crippen molar-refractivity contribution < 1.29 is 13.9 Å². The molecule has 4 rings (SSSR count). The Morgan fingerprint density at radius 2 is 1.54 bits per heavy atom. The number of rotatable bonds is 17. The molecular weight excluding hydrogens is 691 g/mol. The zero-order chi connectivity index (χ0) is 40.3. The van der Waals surface area contributed by atoms with Gasteiger partial charge in [0.15, 0.2) is 0 Å². The van der Waals surface area contributed by atoms with Gasteiger partial charge in [0.25, 0.3) is 0 Å². The number of aryl methyl sites for hydroxylation is 1. The summed E-state index contributed by atoms with van der Waals surface area (Å²) in [5.74, 6) is 1.31. The lowest BCUT2D eigenvalue weighted by molar-refractivity contribution is -0.107. The van der Waals surface area contributed by atoms with Crippen molar-refractivity contribution in [1.29, 1.82) is 0 Å². The van der Waals surface area contributed by atoms with Crippen LogP contribution in [0.5, 0.6) is 5.75 Å². The molecule has 1 heterocycles. The number of likely N-dealkylation sites (N-methyl/N-ethyl adjacent to an activating group) is 1. The Labute approximate surface area is 335 Å². The van der Waals surface area contributed by atoms with Gasteiger partial charge in [-0.25, -0.2) is 4.39 Å². The summed E-state index contributed by atoms with van der Waals surface area (Å²) in [7, 11) is 4.44. The quantitative estimate of drug-likeness (QED) is 0.101. The first-order valence-corrected chi connectivity index (χ1v) is 21.1. The number of carbonyl (C=O) groups is 1. The molecule has 2 atom stereocenters. The number of carbonyl (C=O) groups excluding carboxylic acids is 1. The fraction of sp³-hybridized carbons (Fsp3) is 0.562. The van der Waals surface area contributed by atoms with Crippen LogP contribution in [0.2, 0.25) is 5.02 Å². The molecule has 1 aliphatic heterocycles. The summed E-state index contributed by atoms with van der Waals surface area (Å²) >= 11 is 6.44. The first-order valence-electron chi connectivity index (χ1n) is 20.7. The molecule has 0 saturated heterocycles. The van der Waals surface area contributed by atoms with E-state index in [1.54, 1.807) is 12.1 Å². The second kappa shape index (κ2) is 29.3. The third-order valence-corrected chi connectivity index (χ3v) is 10.1. The molecule has 0 N–H and O–H groups in total. The topological polar surface area (TPSA) is 32.8 Å². The van der Waals surface area contributed by atoms with Crippen molar-refractivity contribution in [3.8, 4) is 5.75 Å². The van der Waals surface area contributed by atoms with E-state index in [-0.39, 0.29) is 11.9 Å². The van der Waals surface area contributed by atoms with Crippen molar-refractivity contribution in [3.05, 3.63) is 105 Å². The molecule has 1 aliphatic rings. The van der Waals surface area contributed by atoms with Gasteiger partial charge in [0, 0.05) is 18.0 Å². The van der Waals surface area contributed by atoms with Gasteiger partial charge in [-0.3, -0.25) is 4.90 Å². The second-order valence-corrected chi connectivity index (χ2v) is 15.2. The van der Waals surface area contributed by atoms with E-state index >= 15 is 0 Å². The zero-order valence-corrected chi connectivity index (χ0v) is 36.4. The number of ether oxygens (including phenoxy) is 1. The van der Waals surface area contributed by atoms with Crippen LogP contribution in [0.4, 0.5) is 4.39 Å². The molecular formula is C48H74ClFN2O2. The fourth-order valence-corrected chi connectivity index (χ4v) is 6.61. The van der Waals surface area contributed by atoms with E-state index in [4.69, 9.17) is 16.3 Å². The summed E-state index contributed by atoms with van der Waals surface area (Å²) in [6.45, 7) is 21.8. The fourth-order valence-electron chi connectivity index (χ4n) is 6.43. The van der Waals surface area contributed by atoms with E-state index in [9.17, 15) is 9.18 Å². The van der Waals surface area contributed by atoms with E-state index in [0.717, 1.165) is 67.9 Å². The zero-order valence-electron chi connectivity index (χ0n) is 35.7. The molecule has 0 spiro atoms. The van der Waals surface area contributed by atoms with Crippen LogP contribution in [0.15, 0.2) is 72.3 Å². The number of aldehydes is 1. The van der Waals surface area contributed by atoms with Gasteiger partial charge in [0.05, 0.1) is 12.6 Å². The molecule has 0 aliphatic carbocycles. The highest BCUT2D eigenvalue weighted by Gasteiger charge is 2.28. The molecule has 2 unspecified atom stereocenters. The molecule has 6 heteroatoms. The summed E-state index contributed by atoms with van der Waals surface area (Å²) in [6.07, 6.45) is 13.9. The third-order valence-electron chi connectivity index (χ3n) is 9.90. The van der Waals surface area contributed by atoms with Crippen molar-refractivity contribution in [3.63, 3.8) is 0 Å². The maximum atomic E-state index is 12.1. The van der Waals surface area contributed by atoms with Crippen LogP contribution in [0.25, 0.3) is 5.57 Å². The van der Waals surface area contributed by atoms with E-state index in [1.807, 2.05) is 19.9 Å². The number of benzene rings is 3. The van der Waals surface area contributed by atoms with Crippen LogP contribution in [0, 0.1) is 12.7 Å². The van der Waals surface area contributed by atoms with Crippen molar-refractivity contribution >= 4 is 23.5 Å². The Bertz CT molecular complexity index is 1420. The Balaban J connectivity index is 0.000000492. The van der Waals surface area contributed by atoms with Gasteiger partial charge in [-0.1, -0.05) is 115 Å². The minimum atomic E-state index is -0.171. The summed E-state index contributed by atoms with van der Waals surface area (Å²) in [6, 6.07) is 21.8. The SMILES string of the molecule is CCCC=O.CCCCCCN(C)CCC.CCCCOc1ccc(C2C(C)=C(c3cc(Cl)ccc3C(C)CC)CCN2C)cc1.Cc1ccc(F)cc1. The number of nitrogens with zero attached hydrogens (tertiary/aromatic N) is 2. The van der Waals surface area contributed by atoms with E-state index in [1.165, 1.54) is 85.2 Å². The smallest absolute Gasteiger partial charge is 0.123 e. The maximum absolute atomic E-state index is 12.1. The summed E-state index contributed by atoms with van der Waals surface area (Å²) in [4.78, 5) is 14.3. The largest absolute Gasteiger partial charge is 0.494 e. The standard InChI is InChI=1S/C27H36ClNO.C10H23N.C7H7F.C4H8O/c1-6-8-17-30-23-12-9-21(10-13-23)27-20(4)25(15-16-29(27)5)26-18-22(28)11-14-24(26)19(3)7-2;1-4-6-7-8-10-11(3)9-5-2;1-6-2-4-7(8)5-3-6;1-2-3-4-5/h9-14,18-19,27H,6-8,15-17H2,1-5H3;4-10H2,1-3H3;2-5H,1H3;4H,2-3H2,1H3. The highest BCUT2D eigenvalue weighted by atomic mass is 35.5. The van der Waals surface area contributed by atoms with E-state index in [0.29, 0.717) is 12.3 Å². The number of unbranched alkanes of at least 4 members (excludes halogenated alkanes) is 5. The molecule has 302 valence electrons. The number of halogens is 2. The third kappa shape index (κ3) is 19.0. The Morgan fingerprint density at radius 1 is 0.870 bits per heavy atom. The Morgan fingerprint density at radius 3 is 2.07 bits per heavy atom. The van der Waals surface area contributed by atoms with Gasteiger partial charge < -0.3 is 14.4 Å². The first-order chi connectivity index (χ1) is 26.0. The highest BCUT2D eigenvalue weighted by Crippen LogP contribution is 2.42. The summed E-state index contributed by atoms with van der Waals surface area (Å²) < 4.78 is 17.9. The van der Waals surface area contributed by atoms with E-state index < -0.39 is 0 Å². The van der Waals surface area contributed by atoms with Crippen molar-refractivity contribution in [2.24, 2.45) is 0 Å². The summed E-state index contributed by atoms with van der Waals surface area (Å²) in [5.41, 5.74) is 8.05. The molecule has 0 amide bonds. The molecule has 3 aromatic carbocycles. The van der Waals surface area contributed by atoms with Crippen LogP contribution in [-0.4, -0.2) is 56.4 Å². The predicted molar refractivity (Wildman–Crippen MR) is 234 cm³/mol. The van der Waals surface area contributed by atoms with Crippen LogP contribution in [-0.2, 0) is 4.79 Å². The number of hydrogen-bond acceptors (Lipinski definition) is 4. The predicted octanol–water partition coefficient (Wildman–Crippen LogP) is 13.9. The monoisotopic (exact) mass is 765 g/mol.